The van der Waals surface area contributed by atoms with Gasteiger partial charge >= 0.3 is 0 Å². The minimum absolute atomic E-state index is 0.0123. The molecule has 3 rings (SSSR count). The van der Waals surface area contributed by atoms with Crippen molar-refractivity contribution in [1.29, 1.82) is 0 Å². The Hall–Kier alpha value is -2.05. The Morgan fingerprint density at radius 1 is 1.29 bits per heavy atom. The molecule has 2 N–H and O–H groups in total. The minimum atomic E-state index is -0.767. The average Bonchev–Trinajstić information content (AvgIpc) is 2.98. The summed E-state index contributed by atoms with van der Waals surface area (Å²) in [6.07, 6.45) is 1.95. The predicted octanol–water partition coefficient (Wildman–Crippen LogP) is 1.40. The number of benzene rings is 1. The summed E-state index contributed by atoms with van der Waals surface area (Å²) < 4.78 is 27.9. The summed E-state index contributed by atoms with van der Waals surface area (Å²) in [5.41, 5.74) is 5.60. The molecule has 0 saturated heterocycles. The molecule has 7 heteroatoms. The van der Waals surface area contributed by atoms with Crippen LogP contribution < -0.4 is 5.73 Å². The summed E-state index contributed by atoms with van der Waals surface area (Å²) >= 11 is 0. The Bertz CT molecular complexity index is 553. The molecule has 88 valence electrons. The highest BCUT2D eigenvalue weighted by Gasteiger charge is 2.31. The molecule has 1 aliphatic rings. The van der Waals surface area contributed by atoms with Crippen LogP contribution in [0.5, 0.6) is 0 Å². The van der Waals surface area contributed by atoms with Crippen LogP contribution in [-0.4, -0.2) is 20.2 Å². The summed E-state index contributed by atoms with van der Waals surface area (Å²) in [5.74, 6) is -0.669. The summed E-state index contributed by atoms with van der Waals surface area (Å²) in [7, 11) is 0. The zero-order chi connectivity index (χ0) is 12.0. The highest BCUT2D eigenvalue weighted by molar-refractivity contribution is 5.58. The molecule has 0 atom stereocenters. The summed E-state index contributed by atoms with van der Waals surface area (Å²) in [5, 5.41) is 11.1. The summed E-state index contributed by atoms with van der Waals surface area (Å²) in [6.45, 7) is 0. The van der Waals surface area contributed by atoms with Crippen LogP contribution in [0.1, 0.15) is 24.6 Å². The van der Waals surface area contributed by atoms with Crippen molar-refractivity contribution in [2.75, 3.05) is 5.73 Å². The first-order valence-electron chi connectivity index (χ1n) is 5.20. The molecule has 0 radical (unpaired) electrons. The number of tetrazole rings is 1. The van der Waals surface area contributed by atoms with Crippen LogP contribution in [0.25, 0.3) is 5.69 Å². The molecule has 1 heterocycles. The molecule has 0 aliphatic heterocycles. The second kappa shape index (κ2) is 3.47. The number of nitrogen functional groups attached to an aromatic ring is 1. The Labute approximate surface area is 95.2 Å². The van der Waals surface area contributed by atoms with Gasteiger partial charge in [0.1, 0.15) is 11.5 Å². The van der Waals surface area contributed by atoms with Crippen LogP contribution in [0.15, 0.2) is 12.1 Å². The lowest BCUT2D eigenvalue weighted by Gasteiger charge is -2.08. The van der Waals surface area contributed by atoms with Crippen molar-refractivity contribution in [2.24, 2.45) is 0 Å². The fourth-order valence-corrected chi connectivity index (χ4v) is 1.76. The van der Waals surface area contributed by atoms with Crippen LogP contribution in [0.2, 0.25) is 0 Å². The largest absolute Gasteiger partial charge is 0.397 e. The van der Waals surface area contributed by atoms with Crippen molar-refractivity contribution in [3.05, 3.63) is 29.6 Å². The maximum atomic E-state index is 13.7. The monoisotopic (exact) mass is 237 g/mol. The quantitative estimate of drug-likeness (QED) is 0.801. The van der Waals surface area contributed by atoms with E-state index in [0.717, 1.165) is 25.0 Å². The lowest BCUT2D eigenvalue weighted by Crippen LogP contribution is -2.08. The fraction of sp³-hybridized carbons (Fsp3) is 0.300. The van der Waals surface area contributed by atoms with Gasteiger partial charge in [0.2, 0.25) is 0 Å². The van der Waals surface area contributed by atoms with Crippen molar-refractivity contribution < 1.29 is 8.78 Å². The fourth-order valence-electron chi connectivity index (χ4n) is 1.76. The number of hydrogen-bond acceptors (Lipinski definition) is 4. The van der Waals surface area contributed by atoms with Crippen molar-refractivity contribution in [1.82, 2.24) is 20.2 Å². The third-order valence-corrected chi connectivity index (χ3v) is 2.71. The van der Waals surface area contributed by atoms with Crippen LogP contribution in [-0.2, 0) is 0 Å². The van der Waals surface area contributed by atoms with Gasteiger partial charge in [0.05, 0.1) is 5.69 Å². The van der Waals surface area contributed by atoms with E-state index in [1.165, 1.54) is 4.68 Å². The smallest absolute Gasteiger partial charge is 0.159 e. The summed E-state index contributed by atoms with van der Waals surface area (Å²) in [6, 6.07) is 1.82. The number of aromatic nitrogens is 4. The number of halogens is 2. The number of nitrogens with two attached hydrogens (primary N) is 1. The van der Waals surface area contributed by atoms with E-state index in [-0.39, 0.29) is 17.3 Å². The van der Waals surface area contributed by atoms with Gasteiger partial charge in [0, 0.05) is 12.0 Å². The van der Waals surface area contributed by atoms with E-state index in [9.17, 15) is 8.78 Å². The molecular formula is C10H9F2N5. The number of nitrogens with zero attached hydrogens (tertiary/aromatic N) is 4. The Balaban J connectivity index is 2.17. The second-order valence-corrected chi connectivity index (χ2v) is 4.05. The van der Waals surface area contributed by atoms with Gasteiger partial charge in [-0.3, -0.25) is 0 Å². The molecule has 1 fully saturated rings. The van der Waals surface area contributed by atoms with E-state index in [0.29, 0.717) is 5.82 Å². The van der Waals surface area contributed by atoms with Crippen LogP contribution in [0.3, 0.4) is 0 Å². The summed E-state index contributed by atoms with van der Waals surface area (Å²) in [4.78, 5) is 0. The molecule has 0 bridgehead atoms. The zero-order valence-electron chi connectivity index (χ0n) is 8.77. The SMILES string of the molecule is Nc1cc(F)cc(F)c1-n1nnnc1C1CC1. The maximum absolute atomic E-state index is 13.7. The molecule has 1 aromatic carbocycles. The van der Waals surface area contributed by atoms with Gasteiger partial charge in [-0.25, -0.2) is 8.78 Å². The van der Waals surface area contributed by atoms with Crippen molar-refractivity contribution in [2.45, 2.75) is 18.8 Å². The normalized spacial score (nSPS) is 15.2. The molecule has 1 saturated carbocycles. The minimum Gasteiger partial charge on any atom is -0.397 e. The molecule has 0 amide bonds. The third-order valence-electron chi connectivity index (χ3n) is 2.71. The van der Waals surface area contributed by atoms with E-state index in [1.54, 1.807) is 0 Å². The molecule has 1 aromatic heterocycles. The maximum Gasteiger partial charge on any atom is 0.159 e. The van der Waals surface area contributed by atoms with E-state index < -0.39 is 11.6 Å². The molecule has 0 unspecified atom stereocenters. The van der Waals surface area contributed by atoms with Crippen molar-refractivity contribution in [3.63, 3.8) is 0 Å². The number of rotatable bonds is 2. The van der Waals surface area contributed by atoms with E-state index in [2.05, 4.69) is 15.5 Å². The molecule has 2 aromatic rings. The van der Waals surface area contributed by atoms with Crippen LogP contribution >= 0.6 is 0 Å². The van der Waals surface area contributed by atoms with E-state index in [1.807, 2.05) is 0 Å². The molecule has 0 spiro atoms. The second-order valence-electron chi connectivity index (χ2n) is 4.05. The molecule has 17 heavy (non-hydrogen) atoms. The van der Waals surface area contributed by atoms with Crippen LogP contribution in [0.4, 0.5) is 14.5 Å². The molecule has 5 nitrogen and oxygen atoms in total. The van der Waals surface area contributed by atoms with E-state index >= 15 is 0 Å². The van der Waals surface area contributed by atoms with Gasteiger partial charge < -0.3 is 5.73 Å². The predicted molar refractivity (Wildman–Crippen MR) is 55.5 cm³/mol. The van der Waals surface area contributed by atoms with Crippen molar-refractivity contribution >= 4 is 5.69 Å². The third kappa shape index (κ3) is 1.63. The highest BCUT2D eigenvalue weighted by Crippen LogP contribution is 2.39. The topological polar surface area (TPSA) is 69.6 Å². The van der Waals surface area contributed by atoms with Gasteiger partial charge in [-0.05, 0) is 29.3 Å². The first-order chi connectivity index (χ1) is 8.16. The molecular weight excluding hydrogens is 228 g/mol. The van der Waals surface area contributed by atoms with E-state index in [4.69, 9.17) is 5.73 Å². The highest BCUT2D eigenvalue weighted by atomic mass is 19.1. The Kier molecular flexibility index (Phi) is 2.07. The number of anilines is 1. The van der Waals surface area contributed by atoms with Crippen LogP contribution in [0, 0.1) is 11.6 Å². The van der Waals surface area contributed by atoms with Gasteiger partial charge in [-0.1, -0.05) is 0 Å². The Morgan fingerprint density at radius 2 is 2.06 bits per heavy atom. The van der Waals surface area contributed by atoms with Gasteiger partial charge in [-0.15, -0.1) is 5.10 Å². The Morgan fingerprint density at radius 3 is 2.71 bits per heavy atom. The standard InChI is InChI=1S/C10H9F2N5/c11-6-3-7(12)9(8(13)4-6)17-10(5-1-2-5)14-15-16-17/h3-5H,1-2,13H2. The number of hydrogen-bond donors (Lipinski definition) is 1. The molecule has 1 aliphatic carbocycles. The van der Waals surface area contributed by atoms with Gasteiger partial charge in [0.25, 0.3) is 0 Å². The average molecular weight is 237 g/mol. The lowest BCUT2D eigenvalue weighted by atomic mass is 10.2. The lowest BCUT2D eigenvalue weighted by molar-refractivity contribution is 0.571. The van der Waals surface area contributed by atoms with Crippen molar-refractivity contribution in [3.8, 4) is 5.69 Å². The van der Waals surface area contributed by atoms with Gasteiger partial charge in [0.15, 0.2) is 11.6 Å². The first-order valence-corrected chi connectivity index (χ1v) is 5.20. The first kappa shape index (κ1) is 10.1. The zero-order valence-corrected chi connectivity index (χ0v) is 8.77. The van der Waals surface area contributed by atoms with Gasteiger partial charge in [-0.2, -0.15) is 4.68 Å².